The average molecular weight is 390 g/mol. The van der Waals surface area contributed by atoms with E-state index in [1.165, 1.54) is 6.42 Å². The standard InChI is InChI=1S/C23H26N4O2/c1-15-5-2-3-8-19(15)20-13-16-14-24-23(25-17-6-4-7-17)26-21(16)27(22(20)28)18-9-11-29-12-10-18/h2-3,5,8,13-14,17-18H,4,6-7,9-12H2,1H3,(H,24,25,26). The van der Waals surface area contributed by atoms with Crippen LogP contribution in [0, 0.1) is 6.92 Å². The van der Waals surface area contributed by atoms with Gasteiger partial charge >= 0.3 is 0 Å². The van der Waals surface area contributed by atoms with Gasteiger partial charge in [-0.15, -0.1) is 0 Å². The highest BCUT2D eigenvalue weighted by Gasteiger charge is 2.24. The molecule has 1 saturated carbocycles. The zero-order valence-corrected chi connectivity index (χ0v) is 16.7. The van der Waals surface area contributed by atoms with Gasteiger partial charge in [-0.2, -0.15) is 4.98 Å². The summed E-state index contributed by atoms with van der Waals surface area (Å²) >= 11 is 0. The second kappa shape index (κ2) is 7.59. The number of fused-ring (bicyclic) bond motifs is 1. The van der Waals surface area contributed by atoms with Gasteiger partial charge < -0.3 is 10.1 Å². The summed E-state index contributed by atoms with van der Waals surface area (Å²) in [5, 5.41) is 4.31. The molecule has 150 valence electrons. The summed E-state index contributed by atoms with van der Waals surface area (Å²) in [6, 6.07) is 10.5. The lowest BCUT2D eigenvalue weighted by atomic mass is 9.93. The molecule has 29 heavy (non-hydrogen) atoms. The van der Waals surface area contributed by atoms with Gasteiger partial charge in [0.25, 0.3) is 5.56 Å². The van der Waals surface area contributed by atoms with Crippen molar-refractivity contribution in [2.75, 3.05) is 18.5 Å². The van der Waals surface area contributed by atoms with Gasteiger partial charge in [-0.25, -0.2) is 4.98 Å². The first kappa shape index (κ1) is 18.3. The molecule has 0 bridgehead atoms. The van der Waals surface area contributed by atoms with Crippen molar-refractivity contribution in [1.29, 1.82) is 0 Å². The zero-order chi connectivity index (χ0) is 19.8. The molecule has 6 heteroatoms. The van der Waals surface area contributed by atoms with E-state index in [4.69, 9.17) is 9.72 Å². The molecular weight excluding hydrogens is 364 g/mol. The molecule has 2 aromatic heterocycles. The van der Waals surface area contributed by atoms with Gasteiger partial charge in [0.05, 0.1) is 0 Å². The zero-order valence-electron chi connectivity index (χ0n) is 16.7. The predicted octanol–water partition coefficient (Wildman–Crippen LogP) is 4.08. The van der Waals surface area contributed by atoms with Crippen molar-refractivity contribution >= 4 is 17.0 Å². The second-order valence-corrected chi connectivity index (χ2v) is 8.14. The summed E-state index contributed by atoms with van der Waals surface area (Å²) in [6.07, 6.45) is 7.04. The maximum atomic E-state index is 13.7. The molecule has 3 aromatic rings. The van der Waals surface area contributed by atoms with Crippen molar-refractivity contribution in [3.8, 4) is 11.1 Å². The van der Waals surface area contributed by atoms with Gasteiger partial charge in [0.1, 0.15) is 5.65 Å². The van der Waals surface area contributed by atoms with E-state index in [1.54, 1.807) is 0 Å². The lowest BCUT2D eigenvalue weighted by Gasteiger charge is -2.28. The molecule has 0 unspecified atom stereocenters. The minimum absolute atomic E-state index is 0.0204. The first-order valence-electron chi connectivity index (χ1n) is 10.5. The van der Waals surface area contributed by atoms with E-state index in [0.717, 1.165) is 47.8 Å². The molecule has 2 fully saturated rings. The largest absolute Gasteiger partial charge is 0.381 e. The maximum absolute atomic E-state index is 13.7. The lowest BCUT2D eigenvalue weighted by molar-refractivity contribution is 0.0697. The number of ether oxygens (including phenoxy) is 1. The van der Waals surface area contributed by atoms with Crippen LogP contribution < -0.4 is 10.9 Å². The number of nitrogens with zero attached hydrogens (tertiary/aromatic N) is 3. The van der Waals surface area contributed by atoms with Gasteiger partial charge in [-0.3, -0.25) is 9.36 Å². The van der Waals surface area contributed by atoms with E-state index in [0.29, 0.717) is 30.8 Å². The first-order chi connectivity index (χ1) is 14.2. The van der Waals surface area contributed by atoms with Crippen LogP contribution in [-0.4, -0.2) is 33.8 Å². The number of aromatic nitrogens is 3. The Balaban J connectivity index is 1.69. The number of nitrogens with one attached hydrogen (secondary N) is 1. The van der Waals surface area contributed by atoms with Crippen molar-refractivity contribution < 1.29 is 4.74 Å². The number of benzene rings is 1. The quantitative estimate of drug-likeness (QED) is 0.727. The third kappa shape index (κ3) is 3.42. The summed E-state index contributed by atoms with van der Waals surface area (Å²) in [7, 11) is 0. The van der Waals surface area contributed by atoms with Gasteiger partial charge in [-0.1, -0.05) is 24.3 Å². The molecule has 0 amide bonds. The second-order valence-electron chi connectivity index (χ2n) is 8.14. The Bertz CT molecular complexity index is 1100. The smallest absolute Gasteiger partial charge is 0.260 e. The van der Waals surface area contributed by atoms with Crippen molar-refractivity contribution in [3.05, 3.63) is 52.4 Å². The summed E-state index contributed by atoms with van der Waals surface area (Å²) < 4.78 is 7.44. The number of aryl methyl sites for hydroxylation is 1. The van der Waals surface area contributed by atoms with Gasteiger partial charge in [0.15, 0.2) is 0 Å². The fourth-order valence-electron chi connectivity index (χ4n) is 4.27. The van der Waals surface area contributed by atoms with Crippen LogP contribution in [0.4, 0.5) is 5.95 Å². The summed E-state index contributed by atoms with van der Waals surface area (Å²) in [4.78, 5) is 23.0. The highest BCUT2D eigenvalue weighted by Crippen LogP contribution is 2.29. The number of pyridine rings is 1. The summed E-state index contributed by atoms with van der Waals surface area (Å²) in [5.41, 5.74) is 3.51. The van der Waals surface area contributed by atoms with E-state index in [9.17, 15) is 4.79 Å². The highest BCUT2D eigenvalue weighted by atomic mass is 16.5. The molecule has 0 radical (unpaired) electrons. The Morgan fingerprint density at radius 3 is 2.62 bits per heavy atom. The molecular formula is C23H26N4O2. The Morgan fingerprint density at radius 1 is 1.10 bits per heavy atom. The first-order valence-corrected chi connectivity index (χ1v) is 10.5. The van der Waals surface area contributed by atoms with Crippen LogP contribution in [-0.2, 0) is 4.74 Å². The van der Waals surface area contributed by atoms with Crippen LogP contribution in [0.15, 0.2) is 41.3 Å². The van der Waals surface area contributed by atoms with Gasteiger partial charge in [0.2, 0.25) is 5.95 Å². The molecule has 0 spiro atoms. The monoisotopic (exact) mass is 390 g/mol. The molecule has 1 N–H and O–H groups in total. The third-order valence-corrected chi connectivity index (χ3v) is 6.20. The van der Waals surface area contributed by atoms with Crippen LogP contribution in [0.3, 0.4) is 0 Å². The molecule has 0 atom stereocenters. The normalized spacial score (nSPS) is 18.0. The van der Waals surface area contributed by atoms with Crippen molar-refractivity contribution in [2.24, 2.45) is 0 Å². The maximum Gasteiger partial charge on any atom is 0.260 e. The fraction of sp³-hybridized carbons (Fsp3) is 0.435. The van der Waals surface area contributed by atoms with E-state index in [-0.39, 0.29) is 11.6 Å². The number of hydrogen-bond acceptors (Lipinski definition) is 5. The van der Waals surface area contributed by atoms with Crippen LogP contribution in [0.1, 0.15) is 43.7 Å². The molecule has 3 heterocycles. The minimum atomic E-state index is 0.0204. The summed E-state index contributed by atoms with van der Waals surface area (Å²) in [5.74, 6) is 0.617. The van der Waals surface area contributed by atoms with E-state index in [2.05, 4.69) is 10.3 Å². The average Bonchev–Trinajstić information content (AvgIpc) is 2.71. The van der Waals surface area contributed by atoms with Crippen molar-refractivity contribution in [1.82, 2.24) is 14.5 Å². The van der Waals surface area contributed by atoms with E-state index in [1.807, 2.05) is 48.0 Å². The fourth-order valence-corrected chi connectivity index (χ4v) is 4.27. The Morgan fingerprint density at radius 2 is 1.90 bits per heavy atom. The number of rotatable bonds is 4. The Kier molecular flexibility index (Phi) is 4.79. The van der Waals surface area contributed by atoms with Crippen LogP contribution in [0.25, 0.3) is 22.2 Å². The molecule has 6 nitrogen and oxygen atoms in total. The Labute approximate surface area is 170 Å². The molecule has 5 rings (SSSR count). The molecule has 1 saturated heterocycles. The molecule has 1 aliphatic carbocycles. The summed E-state index contributed by atoms with van der Waals surface area (Å²) in [6.45, 7) is 3.39. The van der Waals surface area contributed by atoms with Crippen LogP contribution in [0.5, 0.6) is 0 Å². The molecule has 1 aromatic carbocycles. The SMILES string of the molecule is Cc1ccccc1-c1cc2cnc(NC3CCC3)nc2n(C2CCOCC2)c1=O. The van der Waals surface area contributed by atoms with Gasteiger partial charge in [0, 0.05) is 42.4 Å². The third-order valence-electron chi connectivity index (χ3n) is 6.20. The number of hydrogen-bond donors (Lipinski definition) is 1. The van der Waals surface area contributed by atoms with E-state index < -0.39 is 0 Å². The molecule has 1 aliphatic heterocycles. The highest BCUT2D eigenvalue weighted by molar-refractivity contribution is 5.82. The molecule has 2 aliphatic rings. The lowest BCUT2D eigenvalue weighted by Crippen LogP contribution is -2.32. The van der Waals surface area contributed by atoms with Crippen LogP contribution in [0.2, 0.25) is 0 Å². The van der Waals surface area contributed by atoms with E-state index >= 15 is 0 Å². The Hall–Kier alpha value is -2.73. The van der Waals surface area contributed by atoms with Crippen molar-refractivity contribution in [3.63, 3.8) is 0 Å². The van der Waals surface area contributed by atoms with Crippen LogP contribution >= 0.6 is 0 Å². The topological polar surface area (TPSA) is 69.0 Å². The van der Waals surface area contributed by atoms with Crippen molar-refractivity contribution in [2.45, 2.75) is 51.1 Å². The van der Waals surface area contributed by atoms with Gasteiger partial charge in [-0.05, 0) is 56.2 Å². The predicted molar refractivity (Wildman–Crippen MR) is 114 cm³/mol. The minimum Gasteiger partial charge on any atom is -0.381 e. The number of anilines is 1.